The lowest BCUT2D eigenvalue weighted by molar-refractivity contribution is -0.288. The van der Waals surface area contributed by atoms with E-state index >= 15 is 0 Å². The summed E-state index contributed by atoms with van der Waals surface area (Å²) in [6.07, 6.45) is 6.58. The van der Waals surface area contributed by atoms with E-state index in [4.69, 9.17) is 9.47 Å². The molecule has 0 radical (unpaired) electrons. The summed E-state index contributed by atoms with van der Waals surface area (Å²) in [7, 11) is 0. The Balaban J connectivity index is 1.87. The molecule has 0 aromatic rings. The lowest BCUT2D eigenvalue weighted by atomic mass is 9.47. The fourth-order valence-corrected chi connectivity index (χ4v) is 6.58. The first-order valence-electron chi connectivity index (χ1n) is 8.12. The van der Waals surface area contributed by atoms with Crippen LogP contribution in [0, 0.1) is 28.1 Å². The van der Waals surface area contributed by atoms with E-state index in [0.717, 1.165) is 25.6 Å². The summed E-state index contributed by atoms with van der Waals surface area (Å²) in [6.45, 7) is 11.6. The van der Waals surface area contributed by atoms with Gasteiger partial charge in [0.15, 0.2) is 5.79 Å². The maximum Gasteiger partial charge on any atom is 0.172 e. The highest BCUT2D eigenvalue weighted by molar-refractivity contribution is 5.20. The van der Waals surface area contributed by atoms with Crippen molar-refractivity contribution in [3.8, 4) is 0 Å². The molecule has 0 unspecified atom stereocenters. The van der Waals surface area contributed by atoms with Gasteiger partial charge < -0.3 is 9.47 Å². The molecular formula is C17H28O2. The van der Waals surface area contributed by atoms with Gasteiger partial charge in [-0.3, -0.25) is 0 Å². The maximum atomic E-state index is 6.25. The van der Waals surface area contributed by atoms with Gasteiger partial charge in [-0.05, 0) is 47.8 Å². The van der Waals surface area contributed by atoms with Crippen LogP contribution in [0.2, 0.25) is 0 Å². The third-order valence-corrected chi connectivity index (χ3v) is 7.56. The molecule has 0 N–H and O–H groups in total. The molecule has 0 aromatic carbocycles. The summed E-state index contributed by atoms with van der Waals surface area (Å²) in [4.78, 5) is 0. The molecule has 0 amide bonds. The fourth-order valence-electron chi connectivity index (χ4n) is 6.58. The third-order valence-electron chi connectivity index (χ3n) is 7.56. The molecule has 2 nitrogen and oxygen atoms in total. The second kappa shape index (κ2) is 3.39. The SMILES string of the molecule is CC1(C)[C@H]2CC[C@]3(C2)[C@H]1C1(CCC3(C)C)OCCO1. The zero-order valence-corrected chi connectivity index (χ0v) is 12.9. The minimum absolute atomic E-state index is 0.242. The van der Waals surface area contributed by atoms with E-state index in [9.17, 15) is 0 Å². The van der Waals surface area contributed by atoms with Gasteiger partial charge in [0.1, 0.15) is 0 Å². The van der Waals surface area contributed by atoms with E-state index in [1.54, 1.807) is 0 Å². The van der Waals surface area contributed by atoms with Crippen LogP contribution in [0.4, 0.5) is 0 Å². The number of hydrogen-bond donors (Lipinski definition) is 0. The van der Waals surface area contributed by atoms with Crippen molar-refractivity contribution in [1.82, 2.24) is 0 Å². The molecule has 1 aliphatic heterocycles. The summed E-state index contributed by atoms with van der Waals surface area (Å²) in [5, 5.41) is 0. The Kier molecular flexibility index (Phi) is 2.25. The van der Waals surface area contributed by atoms with Gasteiger partial charge in [-0.2, -0.15) is 0 Å². The normalized spacial score (nSPS) is 48.6. The number of hydrogen-bond acceptors (Lipinski definition) is 2. The number of fused-ring (bicyclic) bond motifs is 2. The molecule has 3 aliphatic carbocycles. The maximum absolute atomic E-state index is 6.25. The van der Waals surface area contributed by atoms with Crippen molar-refractivity contribution in [1.29, 1.82) is 0 Å². The van der Waals surface area contributed by atoms with Crippen molar-refractivity contribution in [2.45, 2.75) is 65.6 Å². The smallest absolute Gasteiger partial charge is 0.172 e. The highest BCUT2D eigenvalue weighted by Gasteiger charge is 2.74. The molecule has 4 fully saturated rings. The largest absolute Gasteiger partial charge is 0.347 e. The van der Waals surface area contributed by atoms with Gasteiger partial charge in [0.05, 0.1) is 13.2 Å². The molecule has 3 saturated carbocycles. The van der Waals surface area contributed by atoms with Crippen LogP contribution in [0.5, 0.6) is 0 Å². The van der Waals surface area contributed by atoms with Crippen molar-refractivity contribution in [2.75, 3.05) is 13.2 Å². The Morgan fingerprint density at radius 1 is 0.895 bits per heavy atom. The molecule has 0 aromatic heterocycles. The zero-order chi connectivity index (χ0) is 13.5. The minimum Gasteiger partial charge on any atom is -0.347 e. The Morgan fingerprint density at radius 3 is 2.26 bits per heavy atom. The molecule has 1 heterocycles. The van der Waals surface area contributed by atoms with Crippen molar-refractivity contribution in [3.05, 3.63) is 0 Å². The first-order chi connectivity index (χ1) is 8.84. The lowest BCUT2D eigenvalue weighted by Crippen LogP contribution is -2.61. The summed E-state index contributed by atoms with van der Waals surface area (Å²) in [5.74, 6) is 1.23. The van der Waals surface area contributed by atoms with Gasteiger partial charge >= 0.3 is 0 Å². The lowest BCUT2D eigenvalue weighted by Gasteiger charge is -2.61. The Labute approximate surface area is 117 Å². The van der Waals surface area contributed by atoms with Crippen LogP contribution in [-0.2, 0) is 9.47 Å². The van der Waals surface area contributed by atoms with Crippen LogP contribution < -0.4 is 0 Å². The van der Waals surface area contributed by atoms with E-state index in [0.29, 0.717) is 22.2 Å². The minimum atomic E-state index is -0.242. The van der Waals surface area contributed by atoms with Crippen molar-refractivity contribution >= 4 is 0 Å². The van der Waals surface area contributed by atoms with Crippen LogP contribution in [0.25, 0.3) is 0 Å². The van der Waals surface area contributed by atoms with Gasteiger partial charge in [-0.1, -0.05) is 27.7 Å². The molecule has 108 valence electrons. The van der Waals surface area contributed by atoms with E-state index in [-0.39, 0.29) is 5.79 Å². The predicted octanol–water partition coefficient (Wildman–Crippen LogP) is 3.99. The predicted molar refractivity (Wildman–Crippen MR) is 74.7 cm³/mol. The van der Waals surface area contributed by atoms with Crippen LogP contribution >= 0.6 is 0 Å². The van der Waals surface area contributed by atoms with Crippen molar-refractivity contribution < 1.29 is 9.47 Å². The quantitative estimate of drug-likeness (QED) is 0.658. The van der Waals surface area contributed by atoms with Crippen LogP contribution in [0.1, 0.15) is 59.8 Å². The third kappa shape index (κ3) is 1.26. The zero-order valence-electron chi connectivity index (χ0n) is 12.9. The average Bonchev–Trinajstić information content (AvgIpc) is 2.98. The summed E-state index contributed by atoms with van der Waals surface area (Å²) in [5.41, 5.74) is 1.28. The molecule has 2 spiro atoms. The average molecular weight is 264 g/mol. The van der Waals surface area contributed by atoms with E-state index in [2.05, 4.69) is 27.7 Å². The number of ether oxygens (including phenoxy) is 2. The summed E-state index contributed by atoms with van der Waals surface area (Å²) in [6, 6.07) is 0. The summed E-state index contributed by atoms with van der Waals surface area (Å²) < 4.78 is 12.5. The first kappa shape index (κ1) is 12.6. The van der Waals surface area contributed by atoms with E-state index in [1.807, 2.05) is 0 Å². The van der Waals surface area contributed by atoms with Crippen LogP contribution in [0.3, 0.4) is 0 Å². The Morgan fingerprint density at radius 2 is 1.58 bits per heavy atom. The molecule has 4 aliphatic rings. The molecule has 19 heavy (non-hydrogen) atoms. The topological polar surface area (TPSA) is 18.5 Å². The van der Waals surface area contributed by atoms with Gasteiger partial charge in [-0.25, -0.2) is 0 Å². The molecule has 2 bridgehead atoms. The highest BCUT2D eigenvalue weighted by atomic mass is 16.7. The van der Waals surface area contributed by atoms with Crippen molar-refractivity contribution in [3.63, 3.8) is 0 Å². The Bertz CT molecular complexity index is 405. The van der Waals surface area contributed by atoms with Gasteiger partial charge in [0.2, 0.25) is 0 Å². The molecule has 3 atom stereocenters. The van der Waals surface area contributed by atoms with Gasteiger partial charge in [-0.15, -0.1) is 0 Å². The van der Waals surface area contributed by atoms with Crippen LogP contribution in [0.15, 0.2) is 0 Å². The summed E-state index contributed by atoms with van der Waals surface area (Å²) >= 11 is 0. The van der Waals surface area contributed by atoms with Crippen molar-refractivity contribution in [2.24, 2.45) is 28.1 Å². The monoisotopic (exact) mass is 264 g/mol. The first-order valence-corrected chi connectivity index (χ1v) is 8.12. The second-order valence-electron chi connectivity index (χ2n) is 8.74. The van der Waals surface area contributed by atoms with E-state index in [1.165, 1.54) is 25.7 Å². The van der Waals surface area contributed by atoms with Gasteiger partial charge in [0.25, 0.3) is 0 Å². The second-order valence-corrected chi connectivity index (χ2v) is 8.74. The van der Waals surface area contributed by atoms with Crippen LogP contribution in [-0.4, -0.2) is 19.0 Å². The number of rotatable bonds is 0. The van der Waals surface area contributed by atoms with Gasteiger partial charge in [0, 0.05) is 12.3 Å². The molecule has 4 rings (SSSR count). The van der Waals surface area contributed by atoms with E-state index < -0.39 is 0 Å². The highest BCUT2D eigenvalue weighted by Crippen LogP contribution is 2.77. The standard InChI is InChI=1S/C17H28O2/c1-14(2)7-8-17(18-9-10-19-17)13-15(3,4)12-5-6-16(13,14)11-12/h12-13H,5-11H2,1-4H3/t12-,13-,16-/m0/s1. The molecule has 1 saturated heterocycles. The fraction of sp³-hybridized carbons (Fsp3) is 1.00. The Hall–Kier alpha value is -0.0800. The molecule has 2 heteroatoms. The molecular weight excluding hydrogens is 236 g/mol.